The topological polar surface area (TPSA) is 17.1 Å². The van der Waals surface area contributed by atoms with Crippen LogP contribution in [-0.4, -0.2) is 10.6 Å². The lowest BCUT2D eigenvalue weighted by atomic mass is 9.70. The van der Waals surface area contributed by atoms with Crippen LogP contribution in [0.15, 0.2) is 182 Å². The van der Waals surface area contributed by atoms with Crippen LogP contribution in [-0.2, 0) is 10.8 Å². The normalized spacial score (nSPS) is 14.7. The van der Waals surface area contributed by atoms with Crippen LogP contribution in [0.3, 0.4) is 0 Å². The summed E-state index contributed by atoms with van der Waals surface area (Å²) in [6, 6.07) is 65.3. The molecule has 0 saturated carbocycles. The Bertz CT molecular complexity index is 2670. The van der Waals surface area contributed by atoms with Gasteiger partial charge >= 0.3 is 0 Å². The lowest BCUT2D eigenvalue weighted by molar-refractivity contribution is 0.106. The Labute approximate surface area is 319 Å². The maximum absolute atomic E-state index is 14.8. The van der Waals surface area contributed by atoms with E-state index >= 15 is 0 Å². The average Bonchev–Trinajstić information content (AvgIpc) is 3.92. The average molecular weight is 703 g/mol. The lowest BCUT2D eigenvalue weighted by Gasteiger charge is -2.31. The first-order valence-corrected chi connectivity index (χ1v) is 19.0. The summed E-state index contributed by atoms with van der Waals surface area (Å²) in [6.07, 6.45) is 0. The molecule has 0 radical (unpaired) electrons. The fourth-order valence-electron chi connectivity index (χ4n) is 10.7. The van der Waals surface area contributed by atoms with Crippen LogP contribution in [0.2, 0.25) is 0 Å². The second-order valence-electron chi connectivity index (χ2n) is 15.0. The van der Waals surface area contributed by atoms with Crippen LogP contribution in [0.25, 0.3) is 44.5 Å². The van der Waals surface area contributed by atoms with Crippen LogP contribution in [0.5, 0.6) is 0 Å². The molecule has 12 rings (SSSR count). The highest BCUT2D eigenvalue weighted by Crippen LogP contribution is 2.64. The first kappa shape index (κ1) is 30.0. The molecule has 8 aromatic carbocycles. The second kappa shape index (κ2) is 10.6. The molecule has 250 valence electrons. The summed E-state index contributed by atoms with van der Waals surface area (Å²) in [7, 11) is 0. The molecule has 4 aliphatic rings. The van der Waals surface area contributed by atoms with Crippen molar-refractivity contribution in [2.24, 2.45) is 0 Å². The molecule has 0 amide bonds. The fraction of sp³-hybridized carbons (Fsp3) is 0.0385. The van der Waals surface area contributed by atoms with Crippen LogP contribution >= 0.6 is 12.2 Å². The minimum atomic E-state index is -0.522. The van der Waals surface area contributed by atoms with E-state index in [-0.39, 0.29) is 5.78 Å². The van der Waals surface area contributed by atoms with Crippen molar-refractivity contribution in [3.63, 3.8) is 0 Å². The van der Waals surface area contributed by atoms with E-state index in [1.165, 1.54) is 77.9 Å². The molecule has 4 aliphatic carbocycles. The van der Waals surface area contributed by atoms with Crippen molar-refractivity contribution in [1.82, 2.24) is 0 Å². The molecule has 2 heteroatoms. The Morgan fingerprint density at radius 2 is 0.574 bits per heavy atom. The van der Waals surface area contributed by atoms with E-state index in [9.17, 15) is 4.79 Å². The number of fused-ring (bicyclic) bond motifs is 20. The summed E-state index contributed by atoms with van der Waals surface area (Å²) in [6.45, 7) is 0. The van der Waals surface area contributed by atoms with Gasteiger partial charge in [-0.25, -0.2) is 0 Å². The molecule has 0 atom stereocenters. The van der Waals surface area contributed by atoms with Gasteiger partial charge < -0.3 is 0 Å². The summed E-state index contributed by atoms with van der Waals surface area (Å²) in [5, 5.41) is 0. The molecule has 0 saturated heterocycles. The third-order valence-corrected chi connectivity index (χ3v) is 13.1. The molecule has 0 aromatic heterocycles. The van der Waals surface area contributed by atoms with E-state index in [0.29, 0.717) is 10.4 Å². The smallest absolute Gasteiger partial charge is 0.204 e. The van der Waals surface area contributed by atoms with Gasteiger partial charge in [-0.2, -0.15) is 0 Å². The van der Waals surface area contributed by atoms with Gasteiger partial charge in [0.05, 0.1) is 15.7 Å². The first-order chi connectivity index (χ1) is 26.6. The van der Waals surface area contributed by atoms with Gasteiger partial charge in [-0.1, -0.05) is 182 Å². The molecule has 1 nitrogen and oxygen atoms in total. The standard InChI is InChI=1S/C52H30OS/c53-49(31-25-27-39-37-17-5-11-23-45(37)51(47(39)29-31)41-19-7-1-13-33(41)34-14-2-8-20-42(34)51)50(54)32-26-28-40-38-18-6-12-24-46(38)52(48(40)30-32)43-21-9-3-15-35(43)36-16-4-10-22-44(36)52/h1-30H. The Hall–Kier alpha value is -6.48. The zero-order chi connectivity index (χ0) is 35.8. The minimum absolute atomic E-state index is 0.129. The van der Waals surface area contributed by atoms with Gasteiger partial charge in [0, 0.05) is 5.56 Å². The number of carbonyl (C=O) groups excluding carboxylic acids is 1. The molecule has 0 unspecified atom stereocenters. The molecule has 0 bridgehead atoms. The number of benzene rings is 8. The number of rotatable bonds is 3. The monoisotopic (exact) mass is 702 g/mol. The van der Waals surface area contributed by atoms with Gasteiger partial charge in [-0.3, -0.25) is 4.79 Å². The molecule has 8 aromatic rings. The predicted octanol–water partition coefficient (Wildman–Crippen LogP) is 12.0. The maximum atomic E-state index is 14.8. The quantitative estimate of drug-likeness (QED) is 0.135. The van der Waals surface area contributed by atoms with Crippen molar-refractivity contribution < 1.29 is 4.79 Å². The predicted molar refractivity (Wildman–Crippen MR) is 222 cm³/mol. The Balaban J connectivity index is 1.03. The highest BCUT2D eigenvalue weighted by atomic mass is 32.1. The summed E-state index contributed by atoms with van der Waals surface area (Å²) in [5.41, 5.74) is 20.0. The summed E-state index contributed by atoms with van der Waals surface area (Å²) in [4.78, 5) is 15.1. The van der Waals surface area contributed by atoms with Crippen molar-refractivity contribution in [2.75, 3.05) is 0 Å². The molecule has 0 heterocycles. The Morgan fingerprint density at radius 3 is 0.907 bits per heavy atom. The largest absolute Gasteiger partial charge is 0.288 e. The second-order valence-corrected chi connectivity index (χ2v) is 15.4. The molecule has 2 spiro atoms. The number of carbonyl (C=O) groups is 1. The molecular formula is C52H30OS. The van der Waals surface area contributed by atoms with Gasteiger partial charge in [-0.05, 0) is 107 Å². The van der Waals surface area contributed by atoms with Crippen molar-refractivity contribution in [1.29, 1.82) is 0 Å². The number of Topliss-reactive ketones (excluding diaryl/α,β-unsaturated/α-hetero) is 1. The molecular weight excluding hydrogens is 673 g/mol. The zero-order valence-electron chi connectivity index (χ0n) is 29.1. The van der Waals surface area contributed by atoms with E-state index < -0.39 is 10.8 Å². The van der Waals surface area contributed by atoms with E-state index in [1.807, 2.05) is 6.07 Å². The van der Waals surface area contributed by atoms with Crippen LogP contribution < -0.4 is 0 Å². The number of hydrogen-bond acceptors (Lipinski definition) is 2. The van der Waals surface area contributed by atoms with Crippen molar-refractivity contribution >= 4 is 22.9 Å². The zero-order valence-corrected chi connectivity index (χ0v) is 30.0. The summed E-state index contributed by atoms with van der Waals surface area (Å²) in [5.74, 6) is -0.129. The lowest BCUT2D eigenvalue weighted by Crippen LogP contribution is -2.27. The van der Waals surface area contributed by atoms with Gasteiger partial charge in [0.15, 0.2) is 0 Å². The van der Waals surface area contributed by atoms with Crippen molar-refractivity contribution in [2.45, 2.75) is 10.8 Å². The van der Waals surface area contributed by atoms with Crippen LogP contribution in [0, 0.1) is 0 Å². The summed E-state index contributed by atoms with van der Waals surface area (Å²) >= 11 is 6.20. The van der Waals surface area contributed by atoms with Crippen molar-refractivity contribution in [3.05, 3.63) is 238 Å². The number of hydrogen-bond donors (Lipinski definition) is 0. The first-order valence-electron chi connectivity index (χ1n) is 18.6. The van der Waals surface area contributed by atoms with Crippen LogP contribution in [0.4, 0.5) is 0 Å². The number of thiocarbonyl (C=S) groups is 1. The third kappa shape index (κ3) is 3.46. The van der Waals surface area contributed by atoms with Gasteiger partial charge in [0.25, 0.3) is 0 Å². The Kier molecular flexibility index (Phi) is 5.88. The maximum Gasteiger partial charge on any atom is 0.204 e. The van der Waals surface area contributed by atoms with Crippen LogP contribution in [0.1, 0.15) is 60.4 Å². The molecule has 0 N–H and O–H groups in total. The molecule has 0 aliphatic heterocycles. The minimum Gasteiger partial charge on any atom is -0.288 e. The van der Waals surface area contributed by atoms with Gasteiger partial charge in [0.2, 0.25) is 5.78 Å². The third-order valence-electron chi connectivity index (χ3n) is 12.7. The van der Waals surface area contributed by atoms with E-state index in [4.69, 9.17) is 12.2 Å². The van der Waals surface area contributed by atoms with E-state index in [0.717, 1.165) is 16.7 Å². The molecule has 54 heavy (non-hydrogen) atoms. The highest BCUT2D eigenvalue weighted by molar-refractivity contribution is 7.82. The molecule has 0 fully saturated rings. The highest BCUT2D eigenvalue weighted by Gasteiger charge is 2.53. The van der Waals surface area contributed by atoms with Gasteiger partial charge in [0.1, 0.15) is 0 Å². The fourth-order valence-corrected chi connectivity index (χ4v) is 11.0. The van der Waals surface area contributed by atoms with Gasteiger partial charge in [-0.15, -0.1) is 0 Å². The SMILES string of the molecule is O=C(C(=S)c1ccc2c(c1)C1(c3ccccc3-c3ccccc31)c1ccccc1-2)c1ccc2c(c1)C1(c3ccccc3-c3ccccc31)c1ccccc1-2. The van der Waals surface area contributed by atoms with E-state index in [2.05, 4.69) is 176 Å². The van der Waals surface area contributed by atoms with E-state index in [1.54, 1.807) is 0 Å². The van der Waals surface area contributed by atoms with Crippen molar-refractivity contribution in [3.8, 4) is 44.5 Å². The summed E-state index contributed by atoms with van der Waals surface area (Å²) < 4.78 is 0. The Morgan fingerprint density at radius 1 is 0.315 bits per heavy atom. The number of ketones is 1.